The molecular formula is C10H9BrN4OS. The number of nitrogens with zero attached hydrogens (tertiary/aromatic N) is 2. The number of aryl methyl sites for hydroxylation is 1. The van der Waals surface area contributed by atoms with E-state index in [1.54, 1.807) is 17.6 Å². The van der Waals surface area contributed by atoms with Crippen molar-refractivity contribution in [2.75, 3.05) is 5.43 Å². The summed E-state index contributed by atoms with van der Waals surface area (Å²) >= 11 is 4.76. The van der Waals surface area contributed by atoms with E-state index in [1.165, 1.54) is 11.8 Å². The second-order valence-corrected chi connectivity index (χ2v) is 5.01. The maximum absolute atomic E-state index is 11.2. The predicted octanol–water partition coefficient (Wildman–Crippen LogP) is 2.35. The van der Waals surface area contributed by atoms with Crippen molar-refractivity contribution in [2.45, 2.75) is 6.92 Å². The minimum atomic E-state index is -0.294. The normalized spacial score (nSPS) is 10.9. The van der Waals surface area contributed by atoms with Crippen LogP contribution in [0.15, 0.2) is 32.0 Å². The van der Waals surface area contributed by atoms with Crippen molar-refractivity contribution in [1.29, 1.82) is 0 Å². The van der Waals surface area contributed by atoms with E-state index in [0.29, 0.717) is 10.2 Å². The molecule has 0 unspecified atom stereocenters. The number of hydrazone groups is 1. The Labute approximate surface area is 110 Å². The number of rotatable bonds is 3. The Kier molecular flexibility index (Phi) is 3.70. The number of aromatic nitrogens is 2. The standard InChI is InChI=1S/C10H9BrN4OS/c1-6-2-3-17-8(6)5-13-14-7-4-12-15-10(16)9(7)11/h2-5H,1H3,(H2,14,15,16)/b13-5-. The summed E-state index contributed by atoms with van der Waals surface area (Å²) in [6.45, 7) is 2.02. The first-order chi connectivity index (χ1) is 8.18. The first kappa shape index (κ1) is 12.0. The number of anilines is 1. The third kappa shape index (κ3) is 2.80. The van der Waals surface area contributed by atoms with Crippen molar-refractivity contribution in [3.8, 4) is 0 Å². The zero-order chi connectivity index (χ0) is 12.3. The third-order valence-corrected chi connectivity index (χ3v) is 3.80. The van der Waals surface area contributed by atoms with Crippen LogP contribution in [-0.4, -0.2) is 16.4 Å². The van der Waals surface area contributed by atoms with Gasteiger partial charge in [-0.2, -0.15) is 10.2 Å². The summed E-state index contributed by atoms with van der Waals surface area (Å²) in [6, 6.07) is 2.02. The molecule has 5 nitrogen and oxygen atoms in total. The molecule has 0 saturated carbocycles. The van der Waals surface area contributed by atoms with Crippen LogP contribution in [0.4, 0.5) is 5.69 Å². The quantitative estimate of drug-likeness (QED) is 0.675. The first-order valence-corrected chi connectivity index (χ1v) is 6.42. The lowest BCUT2D eigenvalue weighted by atomic mass is 10.3. The molecular weight excluding hydrogens is 304 g/mol. The first-order valence-electron chi connectivity index (χ1n) is 4.75. The van der Waals surface area contributed by atoms with Crippen molar-refractivity contribution in [3.05, 3.63) is 42.9 Å². The Bertz CT molecular complexity index is 604. The van der Waals surface area contributed by atoms with E-state index in [1.807, 2.05) is 18.4 Å². The molecule has 0 fully saturated rings. The highest BCUT2D eigenvalue weighted by atomic mass is 79.9. The number of hydrogen-bond donors (Lipinski definition) is 2. The van der Waals surface area contributed by atoms with Gasteiger partial charge in [0, 0.05) is 4.88 Å². The maximum atomic E-state index is 11.2. The number of halogens is 1. The fourth-order valence-corrected chi connectivity index (χ4v) is 2.20. The monoisotopic (exact) mass is 312 g/mol. The second-order valence-electron chi connectivity index (χ2n) is 3.26. The average molecular weight is 313 g/mol. The number of thiophene rings is 1. The molecule has 7 heteroatoms. The number of nitrogens with one attached hydrogen (secondary N) is 2. The average Bonchev–Trinajstić information content (AvgIpc) is 2.71. The zero-order valence-corrected chi connectivity index (χ0v) is 11.3. The maximum Gasteiger partial charge on any atom is 0.280 e. The molecule has 0 bridgehead atoms. The molecule has 2 rings (SSSR count). The van der Waals surface area contributed by atoms with Crippen LogP contribution < -0.4 is 11.0 Å². The molecule has 88 valence electrons. The highest BCUT2D eigenvalue weighted by molar-refractivity contribution is 9.10. The van der Waals surface area contributed by atoms with Crippen LogP contribution in [-0.2, 0) is 0 Å². The van der Waals surface area contributed by atoms with Crippen LogP contribution in [0, 0.1) is 6.92 Å². The van der Waals surface area contributed by atoms with Crippen LogP contribution >= 0.6 is 27.3 Å². The van der Waals surface area contributed by atoms with Crippen LogP contribution in [0.5, 0.6) is 0 Å². The van der Waals surface area contributed by atoms with Gasteiger partial charge in [-0.3, -0.25) is 10.2 Å². The second kappa shape index (κ2) is 5.24. The smallest absolute Gasteiger partial charge is 0.275 e. The summed E-state index contributed by atoms with van der Waals surface area (Å²) in [6.07, 6.45) is 3.21. The number of hydrogen-bond acceptors (Lipinski definition) is 5. The van der Waals surface area contributed by atoms with Crippen LogP contribution in [0.25, 0.3) is 0 Å². The summed E-state index contributed by atoms with van der Waals surface area (Å²) in [4.78, 5) is 12.3. The van der Waals surface area contributed by atoms with E-state index in [9.17, 15) is 4.79 Å². The molecule has 0 aromatic carbocycles. The Morgan fingerprint density at radius 1 is 1.65 bits per heavy atom. The summed E-state index contributed by atoms with van der Waals surface area (Å²) in [5.41, 5.74) is 4.17. The van der Waals surface area contributed by atoms with Gasteiger partial charge < -0.3 is 0 Å². The lowest BCUT2D eigenvalue weighted by Gasteiger charge is -2.00. The largest absolute Gasteiger partial charge is 0.280 e. The van der Waals surface area contributed by atoms with Gasteiger partial charge in [0.25, 0.3) is 5.56 Å². The van der Waals surface area contributed by atoms with E-state index < -0.39 is 0 Å². The number of H-pyrrole nitrogens is 1. The Morgan fingerprint density at radius 2 is 2.47 bits per heavy atom. The van der Waals surface area contributed by atoms with Crippen molar-refractivity contribution in [1.82, 2.24) is 10.2 Å². The lowest BCUT2D eigenvalue weighted by Crippen LogP contribution is -2.10. The van der Waals surface area contributed by atoms with Gasteiger partial charge in [-0.25, -0.2) is 5.10 Å². The van der Waals surface area contributed by atoms with Gasteiger partial charge in [-0.15, -0.1) is 11.3 Å². The molecule has 0 aliphatic heterocycles. The van der Waals surface area contributed by atoms with Gasteiger partial charge in [0.15, 0.2) is 0 Å². The van der Waals surface area contributed by atoms with Crippen LogP contribution in [0.3, 0.4) is 0 Å². The molecule has 0 aliphatic carbocycles. The van der Waals surface area contributed by atoms with Crippen LogP contribution in [0.2, 0.25) is 0 Å². The van der Waals surface area contributed by atoms with Crippen LogP contribution in [0.1, 0.15) is 10.4 Å². The summed E-state index contributed by atoms with van der Waals surface area (Å²) in [7, 11) is 0. The van der Waals surface area contributed by atoms with Gasteiger partial charge in [-0.05, 0) is 39.9 Å². The fraction of sp³-hybridized carbons (Fsp3) is 0.100. The topological polar surface area (TPSA) is 70.1 Å². The van der Waals surface area contributed by atoms with E-state index >= 15 is 0 Å². The summed E-state index contributed by atoms with van der Waals surface area (Å²) < 4.78 is 0.382. The number of aromatic amines is 1. The Morgan fingerprint density at radius 3 is 3.18 bits per heavy atom. The summed E-state index contributed by atoms with van der Waals surface area (Å²) in [5, 5.41) is 12.0. The third-order valence-electron chi connectivity index (χ3n) is 2.06. The minimum absolute atomic E-state index is 0.294. The van der Waals surface area contributed by atoms with Gasteiger partial charge >= 0.3 is 0 Å². The molecule has 0 atom stereocenters. The van der Waals surface area contributed by atoms with Gasteiger partial charge in [0.2, 0.25) is 0 Å². The van der Waals surface area contributed by atoms with E-state index in [-0.39, 0.29) is 5.56 Å². The molecule has 0 amide bonds. The Balaban J connectivity index is 2.13. The fourth-order valence-electron chi connectivity index (χ4n) is 1.14. The molecule has 0 aliphatic rings. The summed E-state index contributed by atoms with van der Waals surface area (Å²) in [5.74, 6) is 0. The van der Waals surface area contributed by atoms with E-state index in [2.05, 4.69) is 36.7 Å². The molecule has 0 radical (unpaired) electrons. The Hall–Kier alpha value is -1.47. The molecule has 0 spiro atoms. The van der Waals surface area contributed by atoms with E-state index in [0.717, 1.165) is 4.88 Å². The SMILES string of the molecule is Cc1ccsc1/C=N\Nc1cn[nH]c(=O)c1Br. The molecule has 2 aromatic rings. The van der Waals surface area contributed by atoms with Gasteiger partial charge in [-0.1, -0.05) is 0 Å². The molecule has 2 aromatic heterocycles. The van der Waals surface area contributed by atoms with Crippen molar-refractivity contribution >= 4 is 39.2 Å². The lowest BCUT2D eigenvalue weighted by molar-refractivity contribution is 0.977. The van der Waals surface area contributed by atoms with Crippen molar-refractivity contribution in [2.24, 2.45) is 5.10 Å². The highest BCUT2D eigenvalue weighted by Crippen LogP contribution is 2.16. The highest BCUT2D eigenvalue weighted by Gasteiger charge is 2.02. The van der Waals surface area contributed by atoms with E-state index in [4.69, 9.17) is 0 Å². The minimum Gasteiger partial charge on any atom is -0.275 e. The van der Waals surface area contributed by atoms with Gasteiger partial charge in [0.1, 0.15) is 4.47 Å². The van der Waals surface area contributed by atoms with Crippen molar-refractivity contribution < 1.29 is 0 Å². The molecule has 2 heterocycles. The molecule has 17 heavy (non-hydrogen) atoms. The predicted molar refractivity (Wildman–Crippen MR) is 72.8 cm³/mol. The molecule has 0 saturated heterocycles. The van der Waals surface area contributed by atoms with Gasteiger partial charge in [0.05, 0.1) is 18.1 Å². The van der Waals surface area contributed by atoms with Crippen molar-refractivity contribution in [3.63, 3.8) is 0 Å². The zero-order valence-electron chi connectivity index (χ0n) is 8.90. The molecule has 2 N–H and O–H groups in total.